The average Bonchev–Trinajstić information content (AvgIpc) is 3.17. The molecule has 1 atom stereocenters. The lowest BCUT2D eigenvalue weighted by molar-refractivity contribution is -0.133. The van der Waals surface area contributed by atoms with Crippen LogP contribution < -0.4 is 0 Å². The Hall–Kier alpha value is -2.24. The van der Waals surface area contributed by atoms with Gasteiger partial charge in [-0.15, -0.1) is 0 Å². The Kier molecular flexibility index (Phi) is 3.92. The van der Waals surface area contributed by atoms with Crippen molar-refractivity contribution in [2.75, 3.05) is 13.1 Å². The molecule has 2 aromatic heterocycles. The standard InChI is InChI=1S/C16H21N5O/c1-10(2)16(22)21-7-4-12(9-21)13-8-14(20-11(3)19-13)15-17-5-6-18-15/h5-6,8,10,12H,4,7,9H2,1-3H3,(H,17,18). The number of hydrogen-bond acceptors (Lipinski definition) is 4. The van der Waals surface area contributed by atoms with E-state index < -0.39 is 0 Å². The molecule has 0 bridgehead atoms. The van der Waals surface area contributed by atoms with Gasteiger partial charge in [-0.05, 0) is 19.4 Å². The number of rotatable bonds is 3. The molecule has 1 saturated heterocycles. The van der Waals surface area contributed by atoms with Crippen molar-refractivity contribution in [3.63, 3.8) is 0 Å². The molecule has 0 aliphatic carbocycles. The lowest BCUT2D eigenvalue weighted by Crippen LogP contribution is -2.32. The minimum atomic E-state index is 0.0459. The van der Waals surface area contributed by atoms with Crippen molar-refractivity contribution in [2.24, 2.45) is 5.92 Å². The van der Waals surface area contributed by atoms with Gasteiger partial charge in [-0.1, -0.05) is 13.8 Å². The molecule has 0 spiro atoms. The first-order chi connectivity index (χ1) is 10.5. The number of imidazole rings is 1. The first-order valence-electron chi connectivity index (χ1n) is 7.68. The molecular weight excluding hydrogens is 278 g/mol. The van der Waals surface area contributed by atoms with Crippen LogP contribution in [0.4, 0.5) is 0 Å². The van der Waals surface area contributed by atoms with Crippen LogP contribution in [0.2, 0.25) is 0 Å². The van der Waals surface area contributed by atoms with Gasteiger partial charge < -0.3 is 9.88 Å². The number of carbonyl (C=O) groups is 1. The summed E-state index contributed by atoms with van der Waals surface area (Å²) in [5, 5.41) is 0. The van der Waals surface area contributed by atoms with E-state index in [1.807, 2.05) is 31.7 Å². The lowest BCUT2D eigenvalue weighted by Gasteiger charge is -2.18. The highest BCUT2D eigenvalue weighted by atomic mass is 16.2. The maximum Gasteiger partial charge on any atom is 0.225 e. The van der Waals surface area contributed by atoms with E-state index in [0.717, 1.165) is 42.5 Å². The highest BCUT2D eigenvalue weighted by Gasteiger charge is 2.29. The summed E-state index contributed by atoms with van der Waals surface area (Å²) >= 11 is 0. The number of aryl methyl sites for hydroxylation is 1. The van der Waals surface area contributed by atoms with Gasteiger partial charge in [-0.3, -0.25) is 4.79 Å². The summed E-state index contributed by atoms with van der Waals surface area (Å²) in [6, 6.07) is 1.99. The number of aromatic amines is 1. The Morgan fingerprint density at radius 3 is 2.91 bits per heavy atom. The van der Waals surface area contributed by atoms with Gasteiger partial charge in [0.2, 0.25) is 5.91 Å². The topological polar surface area (TPSA) is 74.8 Å². The van der Waals surface area contributed by atoms with Gasteiger partial charge in [-0.25, -0.2) is 15.0 Å². The monoisotopic (exact) mass is 299 g/mol. The fourth-order valence-electron chi connectivity index (χ4n) is 2.89. The first-order valence-corrected chi connectivity index (χ1v) is 7.68. The molecule has 1 N–H and O–H groups in total. The molecule has 0 saturated carbocycles. The predicted molar refractivity (Wildman–Crippen MR) is 83.1 cm³/mol. The first kappa shape index (κ1) is 14.7. The van der Waals surface area contributed by atoms with E-state index in [-0.39, 0.29) is 17.7 Å². The van der Waals surface area contributed by atoms with Gasteiger partial charge in [0, 0.05) is 43.0 Å². The lowest BCUT2D eigenvalue weighted by atomic mass is 10.0. The summed E-state index contributed by atoms with van der Waals surface area (Å²) in [7, 11) is 0. The fraction of sp³-hybridized carbons (Fsp3) is 0.500. The minimum Gasteiger partial charge on any atom is -0.343 e. The Labute approximate surface area is 130 Å². The fourth-order valence-corrected chi connectivity index (χ4v) is 2.89. The van der Waals surface area contributed by atoms with E-state index in [9.17, 15) is 4.79 Å². The average molecular weight is 299 g/mol. The van der Waals surface area contributed by atoms with Crippen LogP contribution in [0, 0.1) is 12.8 Å². The van der Waals surface area contributed by atoms with Gasteiger partial charge in [0.15, 0.2) is 5.82 Å². The van der Waals surface area contributed by atoms with E-state index in [1.165, 1.54) is 0 Å². The Balaban J connectivity index is 1.83. The van der Waals surface area contributed by atoms with Gasteiger partial charge in [-0.2, -0.15) is 0 Å². The number of aromatic nitrogens is 4. The predicted octanol–water partition coefficient (Wildman–Crippen LogP) is 2.15. The van der Waals surface area contributed by atoms with Crippen molar-refractivity contribution in [2.45, 2.75) is 33.1 Å². The van der Waals surface area contributed by atoms with E-state index >= 15 is 0 Å². The van der Waals surface area contributed by atoms with E-state index in [2.05, 4.69) is 19.9 Å². The van der Waals surface area contributed by atoms with Crippen molar-refractivity contribution in [3.8, 4) is 11.5 Å². The zero-order valence-electron chi connectivity index (χ0n) is 13.2. The smallest absolute Gasteiger partial charge is 0.225 e. The molecule has 1 aliphatic rings. The molecule has 2 aromatic rings. The molecule has 0 aromatic carbocycles. The van der Waals surface area contributed by atoms with Crippen LogP contribution in [0.15, 0.2) is 18.5 Å². The van der Waals surface area contributed by atoms with Crippen molar-refractivity contribution < 1.29 is 4.79 Å². The number of nitrogens with zero attached hydrogens (tertiary/aromatic N) is 4. The number of carbonyl (C=O) groups excluding carboxylic acids is 1. The molecule has 3 rings (SSSR count). The number of H-pyrrole nitrogens is 1. The van der Waals surface area contributed by atoms with E-state index in [4.69, 9.17) is 0 Å². The largest absolute Gasteiger partial charge is 0.343 e. The molecule has 0 radical (unpaired) electrons. The van der Waals surface area contributed by atoms with Gasteiger partial charge >= 0.3 is 0 Å². The van der Waals surface area contributed by atoms with Crippen LogP contribution in [-0.2, 0) is 4.79 Å². The SMILES string of the molecule is Cc1nc(-c2ncc[nH]2)cc(C2CCN(C(=O)C(C)C)C2)n1. The molecule has 1 fully saturated rings. The summed E-state index contributed by atoms with van der Waals surface area (Å²) in [6.45, 7) is 7.33. The molecule has 1 amide bonds. The third-order valence-corrected chi connectivity index (χ3v) is 4.01. The molecule has 116 valence electrons. The Morgan fingerprint density at radius 2 is 2.23 bits per heavy atom. The van der Waals surface area contributed by atoms with Crippen LogP contribution in [-0.4, -0.2) is 43.8 Å². The number of amides is 1. The maximum absolute atomic E-state index is 12.1. The third kappa shape index (κ3) is 2.86. The van der Waals surface area contributed by atoms with Crippen LogP contribution in [0.25, 0.3) is 11.5 Å². The normalized spacial score (nSPS) is 18.2. The third-order valence-electron chi connectivity index (χ3n) is 4.01. The van der Waals surface area contributed by atoms with Crippen molar-refractivity contribution in [1.29, 1.82) is 0 Å². The molecule has 1 unspecified atom stereocenters. The molecule has 1 aliphatic heterocycles. The van der Waals surface area contributed by atoms with Crippen molar-refractivity contribution in [1.82, 2.24) is 24.8 Å². The summed E-state index contributed by atoms with van der Waals surface area (Å²) in [4.78, 5) is 30.4. The van der Waals surface area contributed by atoms with Crippen LogP contribution >= 0.6 is 0 Å². The van der Waals surface area contributed by atoms with Crippen molar-refractivity contribution in [3.05, 3.63) is 30.0 Å². The second-order valence-electron chi connectivity index (χ2n) is 6.09. The highest BCUT2D eigenvalue weighted by Crippen LogP contribution is 2.28. The molecular formula is C16H21N5O. The zero-order valence-corrected chi connectivity index (χ0v) is 13.2. The molecule has 22 heavy (non-hydrogen) atoms. The maximum atomic E-state index is 12.1. The summed E-state index contributed by atoms with van der Waals surface area (Å²) in [6.07, 6.45) is 4.45. The van der Waals surface area contributed by atoms with Crippen LogP contribution in [0.1, 0.15) is 37.7 Å². The zero-order chi connectivity index (χ0) is 15.7. The quantitative estimate of drug-likeness (QED) is 0.942. The van der Waals surface area contributed by atoms with E-state index in [0.29, 0.717) is 0 Å². The molecule has 6 heteroatoms. The minimum absolute atomic E-state index is 0.0459. The van der Waals surface area contributed by atoms with Gasteiger partial charge in [0.05, 0.1) is 0 Å². The summed E-state index contributed by atoms with van der Waals surface area (Å²) in [5.41, 5.74) is 1.80. The Morgan fingerprint density at radius 1 is 1.41 bits per heavy atom. The number of nitrogens with one attached hydrogen (secondary N) is 1. The number of likely N-dealkylation sites (tertiary alicyclic amines) is 1. The van der Waals surface area contributed by atoms with E-state index in [1.54, 1.807) is 12.4 Å². The van der Waals surface area contributed by atoms with Crippen LogP contribution in [0.3, 0.4) is 0 Å². The second-order valence-corrected chi connectivity index (χ2v) is 6.09. The molecule has 6 nitrogen and oxygen atoms in total. The van der Waals surface area contributed by atoms with Crippen molar-refractivity contribution >= 4 is 5.91 Å². The van der Waals surface area contributed by atoms with Crippen LogP contribution in [0.5, 0.6) is 0 Å². The summed E-state index contributed by atoms with van der Waals surface area (Å²) < 4.78 is 0. The number of hydrogen-bond donors (Lipinski definition) is 1. The Bertz CT molecular complexity index is 665. The highest BCUT2D eigenvalue weighted by molar-refractivity contribution is 5.78. The van der Waals surface area contributed by atoms with Gasteiger partial charge in [0.1, 0.15) is 11.5 Å². The van der Waals surface area contributed by atoms with Gasteiger partial charge in [0.25, 0.3) is 0 Å². The second kappa shape index (κ2) is 5.87. The molecule has 3 heterocycles. The summed E-state index contributed by atoms with van der Waals surface area (Å²) in [5.74, 6) is 2.03.